The first-order chi connectivity index (χ1) is 21.2. The van der Waals surface area contributed by atoms with E-state index < -0.39 is 12.1 Å². The molecule has 0 fully saturated rings. The lowest BCUT2D eigenvalue weighted by molar-refractivity contribution is -0.0942. The Morgan fingerprint density at radius 2 is 1.30 bits per heavy atom. The van der Waals surface area contributed by atoms with Gasteiger partial charge in [0.25, 0.3) is 0 Å². The van der Waals surface area contributed by atoms with Crippen molar-refractivity contribution in [3.63, 3.8) is 0 Å². The van der Waals surface area contributed by atoms with Crippen LogP contribution in [0.5, 0.6) is 23.0 Å². The summed E-state index contributed by atoms with van der Waals surface area (Å²) in [6.07, 6.45) is -3.98. The summed E-state index contributed by atoms with van der Waals surface area (Å²) in [4.78, 5) is 16.3. The highest BCUT2D eigenvalue weighted by molar-refractivity contribution is 6.17. The van der Waals surface area contributed by atoms with Gasteiger partial charge in [0.15, 0.2) is 0 Å². The molecule has 6 rings (SSSR count). The van der Waals surface area contributed by atoms with Gasteiger partial charge in [-0.25, -0.2) is 0 Å². The fourth-order valence-electron chi connectivity index (χ4n) is 5.70. The Hall–Kier alpha value is -5.38. The number of aromatic nitrogens is 2. The van der Waals surface area contributed by atoms with E-state index in [-0.39, 0.29) is 28.0 Å². The van der Waals surface area contributed by atoms with E-state index in [1.165, 1.54) is 27.4 Å². The summed E-state index contributed by atoms with van der Waals surface area (Å²) in [6, 6.07) is 24.0. The summed E-state index contributed by atoms with van der Waals surface area (Å²) in [5.41, 5.74) is 4.57. The number of aromatic amines is 1. The third kappa shape index (κ3) is 4.59. The summed E-state index contributed by atoms with van der Waals surface area (Å²) in [5, 5.41) is 0.955. The minimum Gasteiger partial charge on any atom is -0.497 e. The van der Waals surface area contributed by atoms with Gasteiger partial charge in [-0.15, -0.1) is 0 Å². The molecule has 0 aliphatic heterocycles. The molecule has 0 spiro atoms. The quantitative estimate of drug-likeness (QED) is 0.199. The maximum absolute atomic E-state index is 13.9. The van der Waals surface area contributed by atoms with E-state index >= 15 is 0 Å². The molecule has 10 heteroatoms. The number of hydrogen-bond acceptors (Lipinski definition) is 5. The first kappa shape index (κ1) is 28.7. The Labute approximate surface area is 250 Å². The van der Waals surface area contributed by atoms with Crippen LogP contribution in [0.15, 0.2) is 85.1 Å². The van der Waals surface area contributed by atoms with Crippen LogP contribution < -0.4 is 18.9 Å². The van der Waals surface area contributed by atoms with Crippen molar-refractivity contribution >= 4 is 27.7 Å². The number of hydrogen-bond donors (Lipinski definition) is 1. The van der Waals surface area contributed by atoms with Gasteiger partial charge in [-0.1, -0.05) is 60.7 Å². The van der Waals surface area contributed by atoms with Crippen LogP contribution in [0.3, 0.4) is 0 Å². The average molecular weight is 601 g/mol. The number of carbonyl (C=O) groups excluding carboxylic acids is 1. The Balaban J connectivity index is 1.82. The number of H-pyrrole nitrogens is 1. The number of ether oxygens (including phenoxy) is 4. The Bertz CT molecular complexity index is 2010. The summed E-state index contributed by atoms with van der Waals surface area (Å²) in [6.45, 7) is 0. The van der Waals surface area contributed by atoms with Crippen molar-refractivity contribution in [2.45, 2.75) is 6.18 Å². The van der Waals surface area contributed by atoms with Crippen molar-refractivity contribution in [1.29, 1.82) is 0 Å². The Morgan fingerprint density at radius 1 is 0.705 bits per heavy atom. The zero-order valence-corrected chi connectivity index (χ0v) is 24.2. The second kappa shape index (κ2) is 11.0. The van der Waals surface area contributed by atoms with Gasteiger partial charge in [0, 0.05) is 35.5 Å². The molecule has 0 saturated heterocycles. The van der Waals surface area contributed by atoms with Crippen LogP contribution in [-0.2, 0) is 0 Å². The van der Waals surface area contributed by atoms with E-state index in [1.807, 2.05) is 60.7 Å². The van der Waals surface area contributed by atoms with Gasteiger partial charge in [0.05, 0.1) is 61.5 Å². The lowest BCUT2D eigenvalue weighted by Gasteiger charge is -2.15. The van der Waals surface area contributed by atoms with E-state index in [2.05, 4.69) is 4.98 Å². The van der Waals surface area contributed by atoms with Crippen LogP contribution in [0.25, 0.3) is 55.3 Å². The SMILES string of the molecule is COc1cc(OC)c2c(-c3c(OC)cc(OC)c4c(-c5ccccc5)c(-c5ccccc5)[nH]c34)cn(C(=O)C(F)(F)F)c2c1. The molecule has 1 N–H and O–H groups in total. The molecule has 2 aromatic heterocycles. The fraction of sp³-hybridized carbons (Fsp3) is 0.147. The van der Waals surface area contributed by atoms with E-state index in [1.54, 1.807) is 19.2 Å². The molecule has 7 nitrogen and oxygen atoms in total. The normalized spacial score (nSPS) is 11.6. The second-order valence-electron chi connectivity index (χ2n) is 9.95. The number of benzene rings is 4. The standard InChI is InChI=1S/C34H27F3N2O5/c1-41-21-15-23-28(24(16-21)42-2)22(18-39(23)33(40)34(35,36)37)29-25(43-3)17-26(44-4)30-27(19-11-7-5-8-12-19)31(38-32(29)30)20-13-9-6-10-14-20/h5-18,38H,1-4H3. The van der Waals surface area contributed by atoms with Crippen LogP contribution >= 0.6 is 0 Å². The first-order valence-electron chi connectivity index (χ1n) is 13.5. The highest BCUT2D eigenvalue weighted by atomic mass is 19.4. The predicted molar refractivity (Wildman–Crippen MR) is 163 cm³/mol. The van der Waals surface area contributed by atoms with E-state index in [0.717, 1.165) is 28.6 Å². The molecule has 0 radical (unpaired) electrons. The van der Waals surface area contributed by atoms with Crippen molar-refractivity contribution in [3.8, 4) is 56.5 Å². The molecule has 2 heterocycles. The third-order valence-electron chi connectivity index (χ3n) is 7.60. The van der Waals surface area contributed by atoms with Gasteiger partial charge in [-0.2, -0.15) is 13.2 Å². The van der Waals surface area contributed by atoms with Crippen LogP contribution in [0.4, 0.5) is 13.2 Å². The van der Waals surface area contributed by atoms with E-state index in [4.69, 9.17) is 18.9 Å². The predicted octanol–water partition coefficient (Wildman–Crippen LogP) is 8.36. The number of halogens is 3. The third-order valence-corrected chi connectivity index (χ3v) is 7.60. The number of nitrogens with one attached hydrogen (secondary N) is 1. The lowest BCUT2D eigenvalue weighted by Crippen LogP contribution is -2.28. The smallest absolute Gasteiger partial charge is 0.472 e. The number of nitrogens with zero attached hydrogens (tertiary/aromatic N) is 1. The summed E-state index contributed by atoms with van der Waals surface area (Å²) >= 11 is 0. The highest BCUT2D eigenvalue weighted by Gasteiger charge is 2.41. The zero-order valence-electron chi connectivity index (χ0n) is 24.2. The molecule has 0 amide bonds. The number of alkyl halides is 3. The minimum atomic E-state index is -5.15. The zero-order chi connectivity index (χ0) is 31.2. The van der Waals surface area contributed by atoms with Crippen LogP contribution in [0.2, 0.25) is 0 Å². The molecule has 0 saturated carbocycles. The summed E-state index contributed by atoms with van der Waals surface area (Å²) in [5.74, 6) is -0.825. The average Bonchev–Trinajstić information content (AvgIpc) is 3.63. The molecule has 6 aromatic rings. The topological polar surface area (TPSA) is 74.7 Å². The number of fused-ring (bicyclic) bond motifs is 2. The monoisotopic (exact) mass is 600 g/mol. The van der Waals surface area contributed by atoms with Crippen molar-refractivity contribution in [2.75, 3.05) is 28.4 Å². The largest absolute Gasteiger partial charge is 0.497 e. The maximum atomic E-state index is 13.9. The van der Waals surface area contributed by atoms with Gasteiger partial charge in [0.2, 0.25) is 0 Å². The maximum Gasteiger partial charge on any atom is 0.472 e. The molecule has 0 aliphatic rings. The molecule has 0 aliphatic carbocycles. The number of carbonyl (C=O) groups is 1. The fourth-order valence-corrected chi connectivity index (χ4v) is 5.70. The molecular formula is C34H27F3N2O5. The van der Waals surface area contributed by atoms with Crippen molar-refractivity contribution in [3.05, 3.63) is 85.1 Å². The minimum absolute atomic E-state index is 0.0392. The number of rotatable bonds is 7. The van der Waals surface area contributed by atoms with Gasteiger partial charge in [0.1, 0.15) is 23.0 Å². The van der Waals surface area contributed by atoms with Crippen molar-refractivity contribution < 1.29 is 36.9 Å². The summed E-state index contributed by atoms with van der Waals surface area (Å²) in [7, 11) is 5.79. The van der Waals surface area contributed by atoms with Crippen LogP contribution in [-0.4, -0.2) is 50.1 Å². The lowest BCUT2D eigenvalue weighted by atomic mass is 9.94. The van der Waals surface area contributed by atoms with Crippen LogP contribution in [0, 0.1) is 0 Å². The molecule has 0 atom stereocenters. The highest BCUT2D eigenvalue weighted by Crippen LogP contribution is 2.52. The second-order valence-corrected chi connectivity index (χ2v) is 9.95. The molecule has 224 valence electrons. The van der Waals surface area contributed by atoms with E-state index in [0.29, 0.717) is 32.5 Å². The molecule has 44 heavy (non-hydrogen) atoms. The van der Waals surface area contributed by atoms with Gasteiger partial charge < -0.3 is 23.9 Å². The Morgan fingerprint density at radius 3 is 1.86 bits per heavy atom. The molecule has 4 aromatic carbocycles. The van der Waals surface area contributed by atoms with E-state index in [9.17, 15) is 18.0 Å². The Kier molecular flexibility index (Phi) is 7.20. The molecule has 0 unspecified atom stereocenters. The van der Waals surface area contributed by atoms with Crippen molar-refractivity contribution in [2.24, 2.45) is 0 Å². The molecular weight excluding hydrogens is 573 g/mol. The molecule has 0 bridgehead atoms. The summed E-state index contributed by atoms with van der Waals surface area (Å²) < 4.78 is 64.9. The van der Waals surface area contributed by atoms with Crippen LogP contribution in [0.1, 0.15) is 4.79 Å². The number of methoxy groups -OCH3 is 4. The first-order valence-corrected chi connectivity index (χ1v) is 13.5. The van der Waals surface area contributed by atoms with Crippen molar-refractivity contribution in [1.82, 2.24) is 9.55 Å². The van der Waals surface area contributed by atoms with Gasteiger partial charge >= 0.3 is 12.1 Å². The van der Waals surface area contributed by atoms with Gasteiger partial charge in [-0.05, 0) is 11.1 Å². The van der Waals surface area contributed by atoms with Gasteiger partial charge in [-0.3, -0.25) is 9.36 Å².